The summed E-state index contributed by atoms with van der Waals surface area (Å²) in [6.07, 6.45) is 1.57. The van der Waals surface area contributed by atoms with Crippen molar-refractivity contribution < 1.29 is 9.21 Å². The number of thioether (sulfide) groups is 1. The van der Waals surface area contributed by atoms with Crippen LogP contribution in [0.1, 0.15) is 22.6 Å². The molecule has 1 amide bonds. The smallest absolute Gasteiger partial charge is 0.278 e. The predicted molar refractivity (Wildman–Crippen MR) is 117 cm³/mol. The van der Waals surface area contributed by atoms with E-state index in [2.05, 4.69) is 15.3 Å². The lowest BCUT2D eigenvalue weighted by molar-refractivity contribution is -0.118. The molecule has 0 aliphatic carbocycles. The largest absolute Gasteiger partial charge is 0.467 e. The third-order valence-corrected chi connectivity index (χ3v) is 5.65. The Morgan fingerprint density at radius 2 is 2.03 bits per heavy atom. The summed E-state index contributed by atoms with van der Waals surface area (Å²) >= 11 is 1.24. The molecule has 8 heteroatoms. The normalized spacial score (nSPS) is 11.1. The molecule has 0 saturated carbocycles. The van der Waals surface area contributed by atoms with E-state index in [1.54, 1.807) is 18.4 Å². The van der Waals surface area contributed by atoms with Crippen LogP contribution < -0.4 is 10.9 Å². The van der Waals surface area contributed by atoms with Crippen molar-refractivity contribution in [1.82, 2.24) is 19.9 Å². The third-order valence-electron chi connectivity index (χ3n) is 4.67. The zero-order valence-corrected chi connectivity index (χ0v) is 17.6. The highest BCUT2D eigenvalue weighted by Crippen LogP contribution is 2.19. The summed E-state index contributed by atoms with van der Waals surface area (Å²) in [5.74, 6) is 0.683. The Hall–Kier alpha value is -3.26. The Bertz CT molecular complexity index is 1220. The van der Waals surface area contributed by atoms with Gasteiger partial charge in [0.1, 0.15) is 11.3 Å². The molecule has 0 spiro atoms. The van der Waals surface area contributed by atoms with Gasteiger partial charge < -0.3 is 14.7 Å². The molecule has 0 radical (unpaired) electrons. The number of benzene rings is 1. The molecule has 2 N–H and O–H groups in total. The first-order valence-corrected chi connectivity index (χ1v) is 10.6. The molecule has 3 heterocycles. The molecule has 1 aromatic carbocycles. The first-order chi connectivity index (χ1) is 14.5. The van der Waals surface area contributed by atoms with E-state index >= 15 is 0 Å². The number of hydrogen-bond donors (Lipinski definition) is 2. The van der Waals surface area contributed by atoms with Gasteiger partial charge in [-0.05, 0) is 37.6 Å². The maximum absolute atomic E-state index is 13.0. The Morgan fingerprint density at radius 3 is 2.77 bits per heavy atom. The predicted octanol–water partition coefficient (Wildman–Crippen LogP) is 3.39. The SMILES string of the molecule is Cc1ccc(CNC(=O)CSc2nc3cc(C)[nH]c3c(=O)n2Cc2ccco2)cc1. The van der Waals surface area contributed by atoms with Gasteiger partial charge in [-0.1, -0.05) is 41.6 Å². The van der Waals surface area contributed by atoms with Crippen molar-refractivity contribution in [3.63, 3.8) is 0 Å². The number of aromatic amines is 1. The number of nitrogens with zero attached hydrogens (tertiary/aromatic N) is 2. The number of aryl methyl sites for hydroxylation is 2. The summed E-state index contributed by atoms with van der Waals surface area (Å²) in [5.41, 5.74) is 3.93. The van der Waals surface area contributed by atoms with Crippen molar-refractivity contribution in [2.45, 2.75) is 32.1 Å². The molecule has 0 aliphatic rings. The molecule has 0 atom stereocenters. The molecule has 0 bridgehead atoms. The van der Waals surface area contributed by atoms with Gasteiger partial charge in [0.05, 0.1) is 24.1 Å². The lowest BCUT2D eigenvalue weighted by Crippen LogP contribution is -2.27. The highest BCUT2D eigenvalue weighted by atomic mass is 32.2. The van der Waals surface area contributed by atoms with E-state index in [0.29, 0.717) is 28.5 Å². The van der Waals surface area contributed by atoms with Crippen molar-refractivity contribution in [1.29, 1.82) is 0 Å². The summed E-state index contributed by atoms with van der Waals surface area (Å²) in [7, 11) is 0. The van der Waals surface area contributed by atoms with Crippen molar-refractivity contribution in [2.75, 3.05) is 5.75 Å². The average molecular weight is 423 g/mol. The van der Waals surface area contributed by atoms with Crippen molar-refractivity contribution in [3.05, 3.63) is 81.7 Å². The molecule has 4 rings (SSSR count). The van der Waals surface area contributed by atoms with E-state index in [9.17, 15) is 9.59 Å². The summed E-state index contributed by atoms with van der Waals surface area (Å²) < 4.78 is 6.94. The van der Waals surface area contributed by atoms with Crippen molar-refractivity contribution in [2.24, 2.45) is 0 Å². The van der Waals surface area contributed by atoms with Gasteiger partial charge >= 0.3 is 0 Å². The van der Waals surface area contributed by atoms with Crippen LogP contribution in [0, 0.1) is 13.8 Å². The second-order valence-corrected chi connectivity index (χ2v) is 8.07. The maximum Gasteiger partial charge on any atom is 0.278 e. The lowest BCUT2D eigenvalue weighted by Gasteiger charge is -2.11. The number of aromatic nitrogens is 3. The van der Waals surface area contributed by atoms with Gasteiger partial charge in [-0.25, -0.2) is 4.98 Å². The van der Waals surface area contributed by atoms with Gasteiger partial charge in [0.15, 0.2) is 5.16 Å². The monoisotopic (exact) mass is 422 g/mol. The fourth-order valence-corrected chi connectivity index (χ4v) is 3.94. The molecule has 7 nitrogen and oxygen atoms in total. The minimum atomic E-state index is -0.188. The van der Waals surface area contributed by atoms with E-state index < -0.39 is 0 Å². The average Bonchev–Trinajstić information content (AvgIpc) is 3.37. The van der Waals surface area contributed by atoms with Crippen LogP contribution in [0.2, 0.25) is 0 Å². The summed E-state index contributed by atoms with van der Waals surface area (Å²) in [6, 6.07) is 13.4. The van der Waals surface area contributed by atoms with Crippen molar-refractivity contribution >= 4 is 28.7 Å². The summed E-state index contributed by atoms with van der Waals surface area (Å²) in [5, 5.41) is 3.39. The van der Waals surface area contributed by atoms with Crippen LogP contribution in [0.3, 0.4) is 0 Å². The van der Waals surface area contributed by atoms with Gasteiger partial charge in [0.25, 0.3) is 5.56 Å². The molecule has 154 valence electrons. The third kappa shape index (κ3) is 4.49. The Kier molecular flexibility index (Phi) is 5.76. The first-order valence-electron chi connectivity index (χ1n) is 9.57. The van der Waals surface area contributed by atoms with Crippen LogP contribution in [0.4, 0.5) is 0 Å². The maximum atomic E-state index is 13.0. The molecule has 4 aromatic rings. The van der Waals surface area contributed by atoms with Gasteiger partial charge in [-0.3, -0.25) is 14.2 Å². The fraction of sp³-hybridized carbons (Fsp3) is 0.227. The van der Waals surface area contributed by atoms with Crippen LogP contribution in [0.15, 0.2) is 63.1 Å². The Labute approximate surface area is 177 Å². The van der Waals surface area contributed by atoms with E-state index in [4.69, 9.17) is 4.42 Å². The van der Waals surface area contributed by atoms with Crippen LogP contribution in [-0.2, 0) is 17.9 Å². The van der Waals surface area contributed by atoms with E-state index in [1.165, 1.54) is 21.9 Å². The van der Waals surface area contributed by atoms with Crippen molar-refractivity contribution in [3.8, 4) is 0 Å². The second-order valence-electron chi connectivity index (χ2n) is 7.13. The zero-order chi connectivity index (χ0) is 21.1. The quantitative estimate of drug-likeness (QED) is 0.352. The minimum absolute atomic E-state index is 0.121. The van der Waals surface area contributed by atoms with Gasteiger partial charge in [-0.15, -0.1) is 0 Å². The molecule has 0 fully saturated rings. The molecule has 0 unspecified atom stereocenters. The first kappa shape index (κ1) is 20.0. The lowest BCUT2D eigenvalue weighted by atomic mass is 10.1. The van der Waals surface area contributed by atoms with E-state index in [0.717, 1.165) is 11.3 Å². The number of carbonyl (C=O) groups is 1. The topological polar surface area (TPSA) is 92.9 Å². The molecule has 0 saturated heterocycles. The van der Waals surface area contributed by atoms with Crippen LogP contribution in [0.25, 0.3) is 11.0 Å². The number of rotatable bonds is 7. The highest BCUT2D eigenvalue weighted by molar-refractivity contribution is 7.99. The molecule has 3 aromatic heterocycles. The van der Waals surface area contributed by atoms with Gasteiger partial charge in [0.2, 0.25) is 5.91 Å². The van der Waals surface area contributed by atoms with Crippen LogP contribution >= 0.6 is 11.8 Å². The molecular formula is C22H22N4O3S. The van der Waals surface area contributed by atoms with E-state index in [-0.39, 0.29) is 23.8 Å². The number of fused-ring (bicyclic) bond motifs is 1. The van der Waals surface area contributed by atoms with Crippen LogP contribution in [-0.4, -0.2) is 26.2 Å². The molecule has 0 aliphatic heterocycles. The minimum Gasteiger partial charge on any atom is -0.467 e. The fourth-order valence-electron chi connectivity index (χ4n) is 3.11. The zero-order valence-electron chi connectivity index (χ0n) is 16.8. The van der Waals surface area contributed by atoms with Gasteiger partial charge in [-0.2, -0.15) is 0 Å². The number of furan rings is 1. The second kappa shape index (κ2) is 8.62. The Morgan fingerprint density at radius 1 is 1.23 bits per heavy atom. The number of H-pyrrole nitrogens is 1. The highest BCUT2D eigenvalue weighted by Gasteiger charge is 2.16. The molecular weight excluding hydrogens is 400 g/mol. The van der Waals surface area contributed by atoms with Gasteiger partial charge in [0, 0.05) is 12.2 Å². The molecule has 30 heavy (non-hydrogen) atoms. The number of hydrogen-bond acceptors (Lipinski definition) is 5. The Balaban J connectivity index is 1.51. The summed E-state index contributed by atoms with van der Waals surface area (Å²) in [6.45, 7) is 4.61. The summed E-state index contributed by atoms with van der Waals surface area (Å²) in [4.78, 5) is 33.1. The van der Waals surface area contributed by atoms with Crippen LogP contribution in [0.5, 0.6) is 0 Å². The number of carbonyl (C=O) groups excluding carboxylic acids is 1. The van der Waals surface area contributed by atoms with E-state index in [1.807, 2.05) is 44.2 Å². The standard InChI is InChI=1S/C22H22N4O3S/c1-14-5-7-16(8-6-14)11-23-19(27)13-30-22-25-18-10-15(2)24-20(18)21(28)26(22)12-17-4-3-9-29-17/h3-10,24H,11-13H2,1-2H3,(H,23,27). The number of amides is 1. The number of nitrogens with one attached hydrogen (secondary N) is 2.